The number of primary amides is 1. The summed E-state index contributed by atoms with van der Waals surface area (Å²) in [5.41, 5.74) is 5.04. The van der Waals surface area contributed by atoms with Crippen molar-refractivity contribution in [2.45, 2.75) is 12.5 Å². The van der Waals surface area contributed by atoms with Crippen LogP contribution in [0.2, 0.25) is 0 Å². The van der Waals surface area contributed by atoms with E-state index in [-0.39, 0.29) is 0 Å². The van der Waals surface area contributed by atoms with Gasteiger partial charge in [0.05, 0.1) is 0 Å². The molecule has 2 aliphatic rings. The third-order valence-corrected chi connectivity index (χ3v) is 5.15. The molecule has 4 rings (SSSR count). The number of hydrogen-bond donors (Lipinski definition) is 3. The van der Waals surface area contributed by atoms with Gasteiger partial charge in [-0.2, -0.15) is 0 Å². The number of hydrogen-bond acceptors (Lipinski definition) is 6. The van der Waals surface area contributed by atoms with Crippen LogP contribution in [-0.2, 0) is 15.1 Å². The highest BCUT2D eigenvalue weighted by Crippen LogP contribution is 2.36. The van der Waals surface area contributed by atoms with Crippen LogP contribution in [0.5, 0.6) is 11.5 Å². The molecule has 0 bridgehead atoms. The summed E-state index contributed by atoms with van der Waals surface area (Å²) in [5, 5.41) is 5.23. The number of fused-ring (bicyclic) bond motifs is 1. The van der Waals surface area contributed by atoms with Gasteiger partial charge in [-0.1, -0.05) is 6.07 Å². The molecule has 0 spiro atoms. The smallest absolute Gasteiger partial charge is 0.325 e. The second-order valence-corrected chi connectivity index (χ2v) is 7.29. The molecule has 2 aliphatic heterocycles. The predicted molar refractivity (Wildman–Crippen MR) is 109 cm³/mol. The first-order chi connectivity index (χ1) is 14.8. The van der Waals surface area contributed by atoms with E-state index in [0.29, 0.717) is 41.5 Å². The number of ether oxygens (including phenoxy) is 2. The molecule has 1 fully saturated rings. The Kier molecular flexibility index (Phi) is 4.97. The third kappa shape index (κ3) is 3.75. The SMILES string of the molecule is CC1(c2ccc3c(c2)OCCO3)NC(=O)N(CC(=O)Nc2ccc(C(N)=O)cc2)C1=O. The summed E-state index contributed by atoms with van der Waals surface area (Å²) in [6, 6.07) is 10.3. The number of carbonyl (C=O) groups is 4. The monoisotopic (exact) mass is 424 g/mol. The number of nitrogens with two attached hydrogens (primary N) is 1. The van der Waals surface area contributed by atoms with Crippen LogP contribution in [0.25, 0.3) is 0 Å². The number of nitrogens with zero attached hydrogens (tertiary/aromatic N) is 1. The lowest BCUT2D eigenvalue weighted by molar-refractivity contribution is -0.133. The fraction of sp³-hybridized carbons (Fsp3) is 0.238. The van der Waals surface area contributed by atoms with E-state index in [2.05, 4.69) is 10.6 Å². The van der Waals surface area contributed by atoms with Crippen molar-refractivity contribution >= 4 is 29.4 Å². The van der Waals surface area contributed by atoms with E-state index < -0.39 is 35.8 Å². The van der Waals surface area contributed by atoms with E-state index >= 15 is 0 Å². The maximum atomic E-state index is 13.1. The van der Waals surface area contributed by atoms with Gasteiger partial charge in [-0.05, 0) is 48.9 Å². The van der Waals surface area contributed by atoms with Gasteiger partial charge in [-0.15, -0.1) is 0 Å². The van der Waals surface area contributed by atoms with Gasteiger partial charge in [0.25, 0.3) is 5.91 Å². The highest BCUT2D eigenvalue weighted by molar-refractivity contribution is 6.10. The molecule has 10 heteroatoms. The average Bonchev–Trinajstić information content (AvgIpc) is 2.97. The maximum absolute atomic E-state index is 13.1. The van der Waals surface area contributed by atoms with Crippen molar-refractivity contribution in [1.82, 2.24) is 10.2 Å². The minimum atomic E-state index is -1.35. The predicted octanol–water partition coefficient (Wildman–Crippen LogP) is 0.962. The molecule has 0 radical (unpaired) electrons. The standard InChI is InChI=1S/C21H20N4O6/c1-21(13-4-7-15-16(10-13)31-9-8-30-15)19(28)25(20(29)24-21)11-17(26)23-14-5-2-12(3-6-14)18(22)27/h2-7,10H,8-9,11H2,1H3,(H2,22,27)(H,23,26)(H,24,29). The molecule has 31 heavy (non-hydrogen) atoms. The van der Waals surface area contributed by atoms with E-state index in [4.69, 9.17) is 15.2 Å². The van der Waals surface area contributed by atoms with Gasteiger partial charge in [0.1, 0.15) is 25.3 Å². The summed E-state index contributed by atoms with van der Waals surface area (Å²) in [6.07, 6.45) is 0. The quantitative estimate of drug-likeness (QED) is 0.611. The molecule has 1 atom stereocenters. The Hall–Kier alpha value is -4.08. The van der Waals surface area contributed by atoms with Crippen molar-refractivity contribution in [3.63, 3.8) is 0 Å². The van der Waals surface area contributed by atoms with E-state index in [1.54, 1.807) is 25.1 Å². The summed E-state index contributed by atoms with van der Waals surface area (Å²) >= 11 is 0. The molecule has 5 amide bonds. The van der Waals surface area contributed by atoms with Crippen molar-refractivity contribution < 1.29 is 28.7 Å². The number of imide groups is 1. The zero-order chi connectivity index (χ0) is 22.2. The number of anilines is 1. The fourth-order valence-corrected chi connectivity index (χ4v) is 3.45. The number of carbonyl (C=O) groups excluding carboxylic acids is 4. The zero-order valence-electron chi connectivity index (χ0n) is 16.6. The molecule has 2 aromatic carbocycles. The van der Waals surface area contributed by atoms with Crippen LogP contribution in [0.4, 0.5) is 10.5 Å². The zero-order valence-corrected chi connectivity index (χ0v) is 16.6. The lowest BCUT2D eigenvalue weighted by atomic mass is 9.91. The van der Waals surface area contributed by atoms with Crippen LogP contribution in [0.3, 0.4) is 0 Å². The molecule has 160 valence electrons. The summed E-state index contributed by atoms with van der Waals surface area (Å²) in [4.78, 5) is 49.9. The van der Waals surface area contributed by atoms with Crippen LogP contribution in [0.1, 0.15) is 22.8 Å². The molecule has 1 unspecified atom stereocenters. The van der Waals surface area contributed by atoms with Gasteiger partial charge in [0, 0.05) is 11.3 Å². The molecule has 4 N–H and O–H groups in total. The molecule has 1 saturated heterocycles. The molecular weight excluding hydrogens is 404 g/mol. The van der Waals surface area contributed by atoms with E-state index in [1.165, 1.54) is 24.3 Å². The summed E-state index contributed by atoms with van der Waals surface area (Å²) in [7, 11) is 0. The second kappa shape index (κ2) is 7.63. The lowest BCUT2D eigenvalue weighted by Gasteiger charge is -2.25. The molecule has 2 heterocycles. The summed E-state index contributed by atoms with van der Waals surface area (Å²) < 4.78 is 11.0. The Bertz CT molecular complexity index is 1080. The van der Waals surface area contributed by atoms with Crippen molar-refractivity contribution in [1.29, 1.82) is 0 Å². The normalized spacial score (nSPS) is 19.7. The number of urea groups is 1. The molecule has 0 aromatic heterocycles. The van der Waals surface area contributed by atoms with Gasteiger partial charge < -0.3 is 25.8 Å². The van der Waals surface area contributed by atoms with E-state index in [0.717, 1.165) is 4.90 Å². The molecular formula is C21H20N4O6. The largest absolute Gasteiger partial charge is 0.486 e. The molecule has 0 saturated carbocycles. The van der Waals surface area contributed by atoms with Gasteiger partial charge in [-0.3, -0.25) is 19.3 Å². The Morgan fingerprint density at radius 3 is 2.45 bits per heavy atom. The first kappa shape index (κ1) is 20.2. The molecule has 2 aromatic rings. The fourth-order valence-electron chi connectivity index (χ4n) is 3.45. The second-order valence-electron chi connectivity index (χ2n) is 7.29. The Labute approximate surface area is 177 Å². The lowest BCUT2D eigenvalue weighted by Crippen LogP contribution is -2.42. The average molecular weight is 424 g/mol. The third-order valence-electron chi connectivity index (χ3n) is 5.15. The van der Waals surface area contributed by atoms with Crippen molar-refractivity contribution in [3.05, 3.63) is 53.6 Å². The highest BCUT2D eigenvalue weighted by atomic mass is 16.6. The minimum absolute atomic E-state index is 0.294. The number of amides is 5. The van der Waals surface area contributed by atoms with E-state index in [1.807, 2.05) is 0 Å². The van der Waals surface area contributed by atoms with E-state index in [9.17, 15) is 19.2 Å². The topological polar surface area (TPSA) is 140 Å². The van der Waals surface area contributed by atoms with Crippen molar-refractivity contribution in [2.75, 3.05) is 25.1 Å². The Balaban J connectivity index is 1.47. The minimum Gasteiger partial charge on any atom is -0.486 e. The van der Waals surface area contributed by atoms with Crippen LogP contribution >= 0.6 is 0 Å². The number of nitrogens with one attached hydrogen (secondary N) is 2. The van der Waals surface area contributed by atoms with Crippen molar-refractivity contribution in [2.24, 2.45) is 5.73 Å². The highest BCUT2D eigenvalue weighted by Gasteiger charge is 2.49. The summed E-state index contributed by atoms with van der Waals surface area (Å²) in [5.74, 6) is -0.664. The first-order valence-electron chi connectivity index (χ1n) is 9.52. The van der Waals surface area contributed by atoms with Gasteiger partial charge >= 0.3 is 6.03 Å². The molecule has 0 aliphatic carbocycles. The van der Waals surface area contributed by atoms with Crippen LogP contribution < -0.4 is 25.8 Å². The Morgan fingerprint density at radius 1 is 1.10 bits per heavy atom. The van der Waals surface area contributed by atoms with Gasteiger partial charge in [0.15, 0.2) is 11.5 Å². The van der Waals surface area contributed by atoms with Gasteiger partial charge in [-0.25, -0.2) is 4.79 Å². The number of rotatable bonds is 5. The van der Waals surface area contributed by atoms with Crippen LogP contribution in [0, 0.1) is 0 Å². The Morgan fingerprint density at radius 2 is 1.77 bits per heavy atom. The summed E-state index contributed by atoms with van der Waals surface area (Å²) in [6.45, 7) is 1.93. The van der Waals surface area contributed by atoms with Crippen molar-refractivity contribution in [3.8, 4) is 11.5 Å². The van der Waals surface area contributed by atoms with Crippen LogP contribution in [-0.4, -0.2) is 48.4 Å². The maximum Gasteiger partial charge on any atom is 0.325 e. The van der Waals surface area contributed by atoms with Gasteiger partial charge in [0.2, 0.25) is 11.8 Å². The molecule has 10 nitrogen and oxygen atoms in total. The van der Waals surface area contributed by atoms with Crippen LogP contribution in [0.15, 0.2) is 42.5 Å². The first-order valence-corrected chi connectivity index (χ1v) is 9.52. The number of benzene rings is 2.